The SMILES string of the molecule is COC(=O)C1CCCC(NC(=O)c2cc(C(=O)O)ccc2OCCCc2ccc(OCc3ccc(OCC4CC4)cc3)cc2)C1. The third kappa shape index (κ3) is 9.48. The Hall–Kier alpha value is -4.53. The van der Waals surface area contributed by atoms with Gasteiger partial charge < -0.3 is 29.4 Å². The Bertz CT molecular complexity index is 1450. The number of aryl methyl sites for hydroxylation is 1. The molecule has 2 N–H and O–H groups in total. The molecular formula is C36H41NO8. The summed E-state index contributed by atoms with van der Waals surface area (Å²) in [6.45, 7) is 1.62. The normalized spacial score (nSPS) is 17.6. The summed E-state index contributed by atoms with van der Waals surface area (Å²) in [5.41, 5.74) is 2.36. The van der Waals surface area contributed by atoms with E-state index in [1.165, 1.54) is 38.2 Å². The van der Waals surface area contributed by atoms with E-state index >= 15 is 0 Å². The van der Waals surface area contributed by atoms with Gasteiger partial charge in [0.1, 0.15) is 23.9 Å². The van der Waals surface area contributed by atoms with Gasteiger partial charge in [-0.05, 0) is 104 Å². The molecule has 2 fully saturated rings. The van der Waals surface area contributed by atoms with E-state index in [2.05, 4.69) is 5.32 Å². The first-order valence-electron chi connectivity index (χ1n) is 15.7. The molecule has 2 atom stereocenters. The van der Waals surface area contributed by atoms with Crippen molar-refractivity contribution in [3.05, 3.63) is 89.0 Å². The Morgan fingerprint density at radius 2 is 1.56 bits per heavy atom. The fraction of sp³-hybridized carbons (Fsp3) is 0.417. The number of aromatic carboxylic acids is 1. The van der Waals surface area contributed by atoms with Crippen molar-refractivity contribution < 1.29 is 38.4 Å². The van der Waals surface area contributed by atoms with E-state index in [1.54, 1.807) is 0 Å². The van der Waals surface area contributed by atoms with Crippen molar-refractivity contribution >= 4 is 17.8 Å². The molecule has 0 bridgehead atoms. The second kappa shape index (κ2) is 15.5. The molecular weight excluding hydrogens is 574 g/mol. The third-order valence-electron chi connectivity index (χ3n) is 8.32. The summed E-state index contributed by atoms with van der Waals surface area (Å²) in [6, 6.07) is 20.1. The Balaban J connectivity index is 1.09. The van der Waals surface area contributed by atoms with E-state index in [9.17, 15) is 19.5 Å². The molecule has 45 heavy (non-hydrogen) atoms. The maximum absolute atomic E-state index is 13.2. The van der Waals surface area contributed by atoms with Crippen molar-refractivity contribution in [1.29, 1.82) is 0 Å². The Morgan fingerprint density at radius 3 is 2.24 bits per heavy atom. The summed E-state index contributed by atoms with van der Waals surface area (Å²) in [6.07, 6.45) is 6.73. The Kier molecular flexibility index (Phi) is 11.0. The number of amides is 1. The minimum Gasteiger partial charge on any atom is -0.493 e. The molecule has 2 saturated carbocycles. The monoisotopic (exact) mass is 615 g/mol. The highest BCUT2D eigenvalue weighted by Gasteiger charge is 2.29. The van der Waals surface area contributed by atoms with Gasteiger partial charge in [0.25, 0.3) is 5.91 Å². The van der Waals surface area contributed by atoms with Crippen molar-refractivity contribution in [2.24, 2.45) is 11.8 Å². The zero-order chi connectivity index (χ0) is 31.6. The zero-order valence-electron chi connectivity index (χ0n) is 25.7. The van der Waals surface area contributed by atoms with Gasteiger partial charge in [0.2, 0.25) is 0 Å². The van der Waals surface area contributed by atoms with Crippen LogP contribution in [0.4, 0.5) is 0 Å². The van der Waals surface area contributed by atoms with Crippen molar-refractivity contribution in [2.75, 3.05) is 20.3 Å². The number of nitrogens with one attached hydrogen (secondary N) is 1. The number of esters is 1. The van der Waals surface area contributed by atoms with Crippen LogP contribution in [-0.2, 0) is 22.6 Å². The number of hydrogen-bond acceptors (Lipinski definition) is 7. The summed E-state index contributed by atoms with van der Waals surface area (Å²) >= 11 is 0. The maximum atomic E-state index is 13.2. The number of hydrogen-bond donors (Lipinski definition) is 2. The van der Waals surface area contributed by atoms with Gasteiger partial charge in [0, 0.05) is 6.04 Å². The average molecular weight is 616 g/mol. The largest absolute Gasteiger partial charge is 0.493 e. The van der Waals surface area contributed by atoms with E-state index in [1.807, 2.05) is 48.5 Å². The van der Waals surface area contributed by atoms with Crippen LogP contribution in [0.15, 0.2) is 66.7 Å². The van der Waals surface area contributed by atoms with Gasteiger partial charge >= 0.3 is 11.9 Å². The highest BCUT2D eigenvalue weighted by Crippen LogP contribution is 2.30. The van der Waals surface area contributed by atoms with Gasteiger partial charge in [0.05, 0.1) is 37.4 Å². The minimum absolute atomic E-state index is 0.000732. The fourth-order valence-electron chi connectivity index (χ4n) is 5.49. The van der Waals surface area contributed by atoms with Crippen molar-refractivity contribution in [3.8, 4) is 17.2 Å². The Labute approximate surface area is 263 Å². The summed E-state index contributed by atoms with van der Waals surface area (Å²) < 4.78 is 22.6. The number of carboxylic acid groups (broad SMARTS) is 1. The Morgan fingerprint density at radius 1 is 0.844 bits per heavy atom. The summed E-state index contributed by atoms with van der Waals surface area (Å²) in [5.74, 6) is 0.649. The van der Waals surface area contributed by atoms with Gasteiger partial charge in [-0.15, -0.1) is 0 Å². The first-order chi connectivity index (χ1) is 21.9. The van der Waals surface area contributed by atoms with Crippen molar-refractivity contribution in [3.63, 3.8) is 0 Å². The lowest BCUT2D eigenvalue weighted by Gasteiger charge is -2.28. The molecule has 3 aromatic rings. The van der Waals surface area contributed by atoms with Crippen LogP contribution in [0.5, 0.6) is 17.2 Å². The van der Waals surface area contributed by atoms with Gasteiger partial charge in [0.15, 0.2) is 0 Å². The number of methoxy groups -OCH3 is 1. The second-order valence-corrected chi connectivity index (χ2v) is 11.9. The van der Waals surface area contributed by atoms with Crippen LogP contribution in [0, 0.1) is 11.8 Å². The van der Waals surface area contributed by atoms with Gasteiger partial charge in [-0.3, -0.25) is 9.59 Å². The smallest absolute Gasteiger partial charge is 0.335 e. The third-order valence-corrected chi connectivity index (χ3v) is 8.32. The molecule has 0 saturated heterocycles. The number of rotatable bonds is 15. The maximum Gasteiger partial charge on any atom is 0.335 e. The van der Waals surface area contributed by atoms with Crippen LogP contribution in [0.25, 0.3) is 0 Å². The molecule has 3 aromatic carbocycles. The highest BCUT2D eigenvalue weighted by molar-refractivity contribution is 6.00. The van der Waals surface area contributed by atoms with Crippen LogP contribution in [0.3, 0.4) is 0 Å². The predicted octanol–water partition coefficient (Wildman–Crippen LogP) is 6.23. The molecule has 0 aliphatic heterocycles. The molecule has 238 valence electrons. The van der Waals surface area contributed by atoms with E-state index in [4.69, 9.17) is 18.9 Å². The van der Waals surface area contributed by atoms with Crippen LogP contribution in [0.2, 0.25) is 0 Å². The molecule has 2 aliphatic carbocycles. The lowest BCUT2D eigenvalue weighted by Crippen LogP contribution is -2.40. The van der Waals surface area contributed by atoms with E-state index in [0.29, 0.717) is 31.8 Å². The fourth-order valence-corrected chi connectivity index (χ4v) is 5.49. The van der Waals surface area contributed by atoms with E-state index in [-0.39, 0.29) is 29.1 Å². The molecule has 0 spiro atoms. The quantitative estimate of drug-likeness (QED) is 0.153. The number of carbonyl (C=O) groups is 3. The topological polar surface area (TPSA) is 120 Å². The molecule has 0 aromatic heterocycles. The molecule has 2 unspecified atom stereocenters. The van der Waals surface area contributed by atoms with Gasteiger partial charge in [-0.2, -0.15) is 0 Å². The molecule has 1 amide bonds. The van der Waals surface area contributed by atoms with Crippen LogP contribution in [0.1, 0.15) is 76.8 Å². The van der Waals surface area contributed by atoms with Gasteiger partial charge in [-0.25, -0.2) is 4.79 Å². The van der Waals surface area contributed by atoms with Crippen molar-refractivity contribution in [2.45, 2.75) is 64.0 Å². The number of carboxylic acids is 1. The molecule has 0 radical (unpaired) electrons. The van der Waals surface area contributed by atoms with Gasteiger partial charge in [-0.1, -0.05) is 30.7 Å². The standard InChI is InChI=1S/C36H41NO8/c1-42-36(41)28-5-2-6-29(20-28)37-34(38)32-21-27(35(39)40)13-18-33(32)43-19-3-4-24-9-14-30(15-10-24)45-23-26-11-16-31(17-12-26)44-22-25-7-8-25/h9-18,21,25,28-29H,2-8,19-20,22-23H2,1H3,(H,37,38)(H,39,40). The van der Waals surface area contributed by atoms with E-state index in [0.717, 1.165) is 60.8 Å². The highest BCUT2D eigenvalue weighted by atomic mass is 16.5. The lowest BCUT2D eigenvalue weighted by atomic mass is 9.85. The minimum atomic E-state index is -1.13. The summed E-state index contributed by atoms with van der Waals surface area (Å²) in [5, 5.41) is 12.5. The second-order valence-electron chi connectivity index (χ2n) is 11.9. The molecule has 9 heteroatoms. The van der Waals surface area contributed by atoms with Crippen LogP contribution < -0.4 is 19.5 Å². The van der Waals surface area contributed by atoms with Crippen molar-refractivity contribution in [1.82, 2.24) is 5.32 Å². The average Bonchev–Trinajstić information content (AvgIpc) is 3.90. The number of carbonyl (C=O) groups excluding carboxylic acids is 2. The number of ether oxygens (including phenoxy) is 4. The molecule has 0 heterocycles. The first-order valence-corrected chi connectivity index (χ1v) is 15.7. The summed E-state index contributed by atoms with van der Waals surface area (Å²) in [4.78, 5) is 36.8. The number of benzene rings is 3. The zero-order valence-corrected chi connectivity index (χ0v) is 25.7. The van der Waals surface area contributed by atoms with Crippen LogP contribution >= 0.6 is 0 Å². The van der Waals surface area contributed by atoms with E-state index < -0.39 is 11.9 Å². The van der Waals surface area contributed by atoms with Crippen LogP contribution in [-0.4, -0.2) is 49.3 Å². The molecule has 9 nitrogen and oxygen atoms in total. The summed E-state index contributed by atoms with van der Waals surface area (Å²) in [7, 11) is 1.36. The first kappa shape index (κ1) is 31.9. The molecule has 2 aliphatic rings. The predicted molar refractivity (Wildman–Crippen MR) is 168 cm³/mol. The molecule has 5 rings (SSSR count). The lowest BCUT2D eigenvalue weighted by molar-refractivity contribution is -0.146.